The standard InChI is InChI=1S/C21H21Cl3N4O2S/c1-4-28-20(13(3)30-18-9-12(2)5-7-15(18)23)26-27-21(28)31-11-19(29)25-17-8-6-14(22)10-16(17)24/h5-10,13H,4,11H2,1-3H3,(H,25,29). The van der Waals surface area contributed by atoms with Crippen molar-refractivity contribution < 1.29 is 9.53 Å². The second kappa shape index (κ2) is 10.6. The predicted octanol–water partition coefficient (Wildman–Crippen LogP) is 6.44. The third-order valence-electron chi connectivity index (χ3n) is 4.35. The Hall–Kier alpha value is -1.93. The van der Waals surface area contributed by atoms with E-state index in [2.05, 4.69) is 15.5 Å². The van der Waals surface area contributed by atoms with Crippen LogP contribution in [0.15, 0.2) is 41.6 Å². The monoisotopic (exact) mass is 498 g/mol. The number of benzene rings is 2. The van der Waals surface area contributed by atoms with Crippen molar-refractivity contribution in [2.45, 2.75) is 38.6 Å². The van der Waals surface area contributed by atoms with Crippen molar-refractivity contribution in [3.05, 3.63) is 62.9 Å². The number of ether oxygens (including phenoxy) is 1. The molecule has 1 heterocycles. The second-order valence-electron chi connectivity index (χ2n) is 6.74. The van der Waals surface area contributed by atoms with Crippen LogP contribution in [-0.2, 0) is 11.3 Å². The quantitative estimate of drug-likeness (QED) is 0.361. The van der Waals surface area contributed by atoms with E-state index in [9.17, 15) is 4.79 Å². The number of halogens is 3. The van der Waals surface area contributed by atoms with E-state index in [-0.39, 0.29) is 17.8 Å². The normalized spacial score (nSPS) is 11.9. The van der Waals surface area contributed by atoms with Crippen LogP contribution in [-0.4, -0.2) is 26.4 Å². The molecular weight excluding hydrogens is 479 g/mol. The van der Waals surface area contributed by atoms with E-state index in [0.29, 0.717) is 44.0 Å². The first-order chi connectivity index (χ1) is 14.8. The van der Waals surface area contributed by atoms with E-state index in [1.165, 1.54) is 11.8 Å². The molecule has 31 heavy (non-hydrogen) atoms. The molecule has 0 radical (unpaired) electrons. The number of thioether (sulfide) groups is 1. The summed E-state index contributed by atoms with van der Waals surface area (Å²) in [6.07, 6.45) is -0.372. The molecule has 0 aliphatic heterocycles. The van der Waals surface area contributed by atoms with Gasteiger partial charge in [-0.05, 0) is 56.7 Å². The van der Waals surface area contributed by atoms with E-state index < -0.39 is 0 Å². The lowest BCUT2D eigenvalue weighted by molar-refractivity contribution is -0.113. The van der Waals surface area contributed by atoms with Gasteiger partial charge in [0.15, 0.2) is 17.1 Å². The van der Waals surface area contributed by atoms with Gasteiger partial charge in [-0.3, -0.25) is 4.79 Å². The number of carbonyl (C=O) groups is 1. The highest BCUT2D eigenvalue weighted by Crippen LogP contribution is 2.31. The van der Waals surface area contributed by atoms with Crippen LogP contribution in [0.1, 0.15) is 31.3 Å². The maximum atomic E-state index is 12.4. The zero-order valence-electron chi connectivity index (χ0n) is 17.2. The first kappa shape index (κ1) is 23.7. The molecule has 3 rings (SSSR count). The van der Waals surface area contributed by atoms with Gasteiger partial charge in [0.25, 0.3) is 0 Å². The van der Waals surface area contributed by atoms with Crippen molar-refractivity contribution in [2.75, 3.05) is 11.1 Å². The van der Waals surface area contributed by atoms with Gasteiger partial charge >= 0.3 is 0 Å². The number of anilines is 1. The van der Waals surface area contributed by atoms with Crippen molar-refractivity contribution in [1.29, 1.82) is 0 Å². The number of hydrogen-bond acceptors (Lipinski definition) is 5. The lowest BCUT2D eigenvalue weighted by atomic mass is 10.2. The maximum Gasteiger partial charge on any atom is 0.234 e. The van der Waals surface area contributed by atoms with Crippen molar-refractivity contribution in [3.63, 3.8) is 0 Å². The molecule has 0 fully saturated rings. The molecule has 6 nitrogen and oxygen atoms in total. The Bertz CT molecular complexity index is 1090. The number of rotatable bonds is 8. The SMILES string of the molecule is CCn1c(SCC(=O)Nc2ccc(Cl)cc2Cl)nnc1C(C)Oc1cc(C)ccc1Cl. The van der Waals surface area contributed by atoms with Gasteiger partial charge in [0.05, 0.1) is 21.5 Å². The number of carbonyl (C=O) groups excluding carboxylic acids is 1. The summed E-state index contributed by atoms with van der Waals surface area (Å²) >= 11 is 19.5. The molecule has 1 N–H and O–H groups in total. The molecule has 10 heteroatoms. The zero-order chi connectivity index (χ0) is 22.5. The van der Waals surface area contributed by atoms with Gasteiger partial charge < -0.3 is 14.6 Å². The van der Waals surface area contributed by atoms with Crippen molar-refractivity contribution in [3.8, 4) is 5.75 Å². The van der Waals surface area contributed by atoms with Crippen molar-refractivity contribution >= 4 is 58.2 Å². The van der Waals surface area contributed by atoms with Crippen LogP contribution in [0.3, 0.4) is 0 Å². The molecule has 164 valence electrons. The topological polar surface area (TPSA) is 69.0 Å². The Labute approximate surface area is 200 Å². The van der Waals surface area contributed by atoms with Gasteiger partial charge in [-0.25, -0.2) is 0 Å². The van der Waals surface area contributed by atoms with Gasteiger partial charge in [-0.2, -0.15) is 0 Å². The second-order valence-corrected chi connectivity index (χ2v) is 8.93. The highest BCUT2D eigenvalue weighted by Gasteiger charge is 2.20. The fourth-order valence-electron chi connectivity index (χ4n) is 2.86. The first-order valence-corrected chi connectivity index (χ1v) is 11.6. The molecule has 0 saturated heterocycles. The summed E-state index contributed by atoms with van der Waals surface area (Å²) in [6, 6.07) is 10.5. The Kier molecular flexibility index (Phi) is 8.11. The van der Waals surface area contributed by atoms with E-state index in [1.807, 2.05) is 37.5 Å². The lowest BCUT2D eigenvalue weighted by Crippen LogP contribution is -2.15. The van der Waals surface area contributed by atoms with Crippen LogP contribution in [0.25, 0.3) is 0 Å². The van der Waals surface area contributed by atoms with Crippen LogP contribution in [0.2, 0.25) is 15.1 Å². The van der Waals surface area contributed by atoms with Crippen LogP contribution in [0.4, 0.5) is 5.69 Å². The van der Waals surface area contributed by atoms with E-state index in [0.717, 1.165) is 5.56 Å². The molecule has 1 amide bonds. The molecule has 0 saturated carbocycles. The zero-order valence-corrected chi connectivity index (χ0v) is 20.2. The van der Waals surface area contributed by atoms with Crippen LogP contribution in [0, 0.1) is 6.92 Å². The molecule has 1 atom stereocenters. The number of aromatic nitrogens is 3. The fraction of sp³-hybridized carbons (Fsp3) is 0.286. The van der Waals surface area contributed by atoms with Gasteiger partial charge in [-0.15, -0.1) is 10.2 Å². The number of amides is 1. The smallest absolute Gasteiger partial charge is 0.234 e. The maximum absolute atomic E-state index is 12.4. The molecular formula is C21H21Cl3N4O2S. The number of nitrogens with zero attached hydrogens (tertiary/aromatic N) is 3. The summed E-state index contributed by atoms with van der Waals surface area (Å²) in [4.78, 5) is 12.4. The molecule has 3 aromatic rings. The van der Waals surface area contributed by atoms with E-state index in [1.54, 1.807) is 24.3 Å². The van der Waals surface area contributed by atoms with Gasteiger partial charge in [-0.1, -0.05) is 52.6 Å². The fourth-order valence-corrected chi connectivity index (χ4v) is 4.28. The number of hydrogen-bond donors (Lipinski definition) is 1. The number of aryl methyl sites for hydroxylation is 1. The summed E-state index contributed by atoms with van der Waals surface area (Å²) in [5.41, 5.74) is 1.55. The Morgan fingerprint density at radius 2 is 1.94 bits per heavy atom. The molecule has 0 aliphatic carbocycles. The van der Waals surface area contributed by atoms with Crippen molar-refractivity contribution in [2.24, 2.45) is 0 Å². The van der Waals surface area contributed by atoms with E-state index >= 15 is 0 Å². The molecule has 0 bridgehead atoms. The average Bonchev–Trinajstić information content (AvgIpc) is 3.14. The minimum atomic E-state index is -0.372. The Morgan fingerprint density at radius 1 is 1.16 bits per heavy atom. The Balaban J connectivity index is 1.66. The minimum Gasteiger partial charge on any atom is -0.481 e. The Morgan fingerprint density at radius 3 is 2.65 bits per heavy atom. The summed E-state index contributed by atoms with van der Waals surface area (Å²) in [7, 11) is 0. The molecule has 0 spiro atoms. The van der Waals surface area contributed by atoms with Gasteiger partial charge in [0.1, 0.15) is 5.75 Å². The third kappa shape index (κ3) is 6.07. The number of nitrogens with one attached hydrogen (secondary N) is 1. The lowest BCUT2D eigenvalue weighted by Gasteiger charge is -2.17. The molecule has 1 unspecified atom stereocenters. The largest absolute Gasteiger partial charge is 0.481 e. The highest BCUT2D eigenvalue weighted by atomic mass is 35.5. The van der Waals surface area contributed by atoms with Gasteiger partial charge in [0, 0.05) is 11.6 Å². The summed E-state index contributed by atoms with van der Waals surface area (Å²) in [6.45, 7) is 6.47. The van der Waals surface area contributed by atoms with E-state index in [4.69, 9.17) is 39.5 Å². The molecule has 2 aromatic carbocycles. The highest BCUT2D eigenvalue weighted by molar-refractivity contribution is 7.99. The minimum absolute atomic E-state index is 0.149. The van der Waals surface area contributed by atoms with Crippen molar-refractivity contribution in [1.82, 2.24) is 14.8 Å². The summed E-state index contributed by atoms with van der Waals surface area (Å²) in [5, 5.41) is 13.3. The van der Waals surface area contributed by atoms with Crippen LogP contribution < -0.4 is 10.1 Å². The molecule has 1 aromatic heterocycles. The van der Waals surface area contributed by atoms with Gasteiger partial charge in [0.2, 0.25) is 5.91 Å². The summed E-state index contributed by atoms with van der Waals surface area (Å²) in [5.74, 6) is 1.19. The van der Waals surface area contributed by atoms with Crippen LogP contribution >= 0.6 is 46.6 Å². The summed E-state index contributed by atoms with van der Waals surface area (Å²) < 4.78 is 7.94. The molecule has 0 aliphatic rings. The first-order valence-electron chi connectivity index (χ1n) is 9.52. The predicted molar refractivity (Wildman–Crippen MR) is 127 cm³/mol. The van der Waals surface area contributed by atoms with Crippen LogP contribution in [0.5, 0.6) is 5.75 Å². The average molecular weight is 500 g/mol. The third-order valence-corrected chi connectivity index (χ3v) is 6.18.